The van der Waals surface area contributed by atoms with Crippen LogP contribution >= 0.6 is 11.6 Å². The second-order valence-electron chi connectivity index (χ2n) is 3.82. The van der Waals surface area contributed by atoms with Gasteiger partial charge in [0.15, 0.2) is 0 Å². The Kier molecular flexibility index (Phi) is 4.92. The lowest BCUT2D eigenvalue weighted by Crippen LogP contribution is -2.08. The fourth-order valence-electron chi connectivity index (χ4n) is 1.42. The van der Waals surface area contributed by atoms with Crippen molar-refractivity contribution in [2.24, 2.45) is 0 Å². The van der Waals surface area contributed by atoms with Crippen LogP contribution in [-0.4, -0.2) is 25.8 Å². The van der Waals surface area contributed by atoms with Crippen LogP contribution in [0.3, 0.4) is 0 Å². The first-order valence-electron chi connectivity index (χ1n) is 5.17. The molecule has 1 unspecified atom stereocenters. The van der Waals surface area contributed by atoms with Crippen LogP contribution in [0.1, 0.15) is 23.8 Å². The second-order valence-corrected chi connectivity index (χ2v) is 4.35. The molecule has 1 N–H and O–H groups in total. The summed E-state index contributed by atoms with van der Waals surface area (Å²) in [7, 11) is 4.03. The Labute approximate surface area is 96.5 Å². The van der Waals surface area contributed by atoms with E-state index in [2.05, 4.69) is 17.0 Å². The van der Waals surface area contributed by atoms with Crippen molar-refractivity contribution < 1.29 is 5.11 Å². The molecule has 0 saturated carbocycles. The van der Waals surface area contributed by atoms with Gasteiger partial charge in [0.1, 0.15) is 0 Å². The zero-order chi connectivity index (χ0) is 11.3. The zero-order valence-corrected chi connectivity index (χ0v) is 10.0. The van der Waals surface area contributed by atoms with Gasteiger partial charge in [-0.2, -0.15) is 0 Å². The van der Waals surface area contributed by atoms with E-state index in [1.54, 1.807) is 0 Å². The molecule has 0 aliphatic carbocycles. The Morgan fingerprint density at radius 1 is 1.27 bits per heavy atom. The first kappa shape index (κ1) is 12.3. The summed E-state index contributed by atoms with van der Waals surface area (Å²) in [6.45, 7) is 0.207. The predicted octanol–water partition coefficient (Wildman–Crippen LogP) is 2.81. The van der Waals surface area contributed by atoms with Gasteiger partial charge in [-0.3, -0.25) is 0 Å². The summed E-state index contributed by atoms with van der Waals surface area (Å²) >= 11 is 6.19. The average molecular weight is 228 g/mol. The minimum Gasteiger partial charge on any atom is -0.396 e. The molecule has 0 radical (unpaired) electrons. The van der Waals surface area contributed by atoms with Crippen molar-refractivity contribution in [3.63, 3.8) is 0 Å². The number of halogens is 1. The van der Waals surface area contributed by atoms with Crippen LogP contribution in [-0.2, 0) is 0 Å². The van der Waals surface area contributed by atoms with E-state index in [4.69, 9.17) is 16.7 Å². The summed E-state index contributed by atoms with van der Waals surface area (Å²) in [4.78, 5) is 2.06. The van der Waals surface area contributed by atoms with E-state index in [9.17, 15) is 0 Å². The molecule has 1 aromatic carbocycles. The summed E-state index contributed by atoms with van der Waals surface area (Å²) < 4.78 is 0. The summed E-state index contributed by atoms with van der Waals surface area (Å²) in [5, 5.41) is 8.72. The Morgan fingerprint density at radius 2 is 1.87 bits per heavy atom. The summed E-state index contributed by atoms with van der Waals surface area (Å²) in [6, 6.07) is 8.21. The third kappa shape index (κ3) is 3.73. The van der Waals surface area contributed by atoms with Gasteiger partial charge in [-0.15, -0.1) is 11.6 Å². The van der Waals surface area contributed by atoms with Gasteiger partial charge in [0, 0.05) is 26.4 Å². The van der Waals surface area contributed by atoms with Crippen LogP contribution in [0, 0.1) is 0 Å². The highest BCUT2D eigenvalue weighted by Crippen LogP contribution is 2.26. The van der Waals surface area contributed by atoms with Crippen LogP contribution < -0.4 is 4.90 Å². The van der Waals surface area contributed by atoms with E-state index in [0.717, 1.165) is 18.4 Å². The van der Waals surface area contributed by atoms with E-state index in [1.807, 2.05) is 26.2 Å². The van der Waals surface area contributed by atoms with Crippen LogP contribution in [0.5, 0.6) is 0 Å². The van der Waals surface area contributed by atoms with Gasteiger partial charge in [0.2, 0.25) is 0 Å². The second kappa shape index (κ2) is 5.99. The van der Waals surface area contributed by atoms with Gasteiger partial charge in [-0.25, -0.2) is 0 Å². The van der Waals surface area contributed by atoms with Crippen LogP contribution in [0.4, 0.5) is 5.69 Å². The van der Waals surface area contributed by atoms with Gasteiger partial charge >= 0.3 is 0 Å². The molecule has 0 spiro atoms. The van der Waals surface area contributed by atoms with Crippen molar-refractivity contribution in [1.82, 2.24) is 0 Å². The molecule has 15 heavy (non-hydrogen) atoms. The molecule has 3 heteroatoms. The molecular weight excluding hydrogens is 210 g/mol. The Balaban J connectivity index is 2.62. The number of anilines is 1. The quantitative estimate of drug-likeness (QED) is 0.782. The molecule has 84 valence electrons. The number of alkyl halides is 1. The Morgan fingerprint density at radius 3 is 2.33 bits per heavy atom. The highest BCUT2D eigenvalue weighted by atomic mass is 35.5. The first-order chi connectivity index (χ1) is 7.15. The minimum absolute atomic E-state index is 0.00774. The zero-order valence-electron chi connectivity index (χ0n) is 9.28. The van der Waals surface area contributed by atoms with E-state index in [-0.39, 0.29) is 12.0 Å². The maximum atomic E-state index is 8.71. The molecule has 0 bridgehead atoms. The molecule has 2 nitrogen and oxygen atoms in total. The molecule has 1 rings (SSSR count). The number of benzene rings is 1. The third-order valence-corrected chi connectivity index (χ3v) is 2.86. The fraction of sp³-hybridized carbons (Fsp3) is 0.500. The van der Waals surface area contributed by atoms with E-state index in [0.29, 0.717) is 0 Å². The lowest BCUT2D eigenvalue weighted by Gasteiger charge is -2.14. The van der Waals surface area contributed by atoms with Gasteiger partial charge in [0.05, 0.1) is 5.38 Å². The summed E-state index contributed by atoms with van der Waals surface area (Å²) in [6.07, 6.45) is 1.57. The number of hydrogen-bond donors (Lipinski definition) is 1. The molecule has 1 aromatic rings. The maximum absolute atomic E-state index is 8.71. The van der Waals surface area contributed by atoms with Crippen molar-refractivity contribution in [2.75, 3.05) is 25.6 Å². The summed E-state index contributed by atoms with van der Waals surface area (Å²) in [5.41, 5.74) is 2.29. The molecule has 0 saturated heterocycles. The maximum Gasteiger partial charge on any atom is 0.0586 e. The molecule has 0 fully saturated rings. The van der Waals surface area contributed by atoms with Crippen molar-refractivity contribution in [3.05, 3.63) is 29.8 Å². The largest absolute Gasteiger partial charge is 0.396 e. The number of aliphatic hydroxyl groups excluding tert-OH is 1. The highest BCUT2D eigenvalue weighted by molar-refractivity contribution is 6.20. The number of hydrogen-bond acceptors (Lipinski definition) is 2. The molecule has 0 amide bonds. The molecular formula is C12H18ClNO. The fourth-order valence-corrected chi connectivity index (χ4v) is 1.72. The normalized spacial score (nSPS) is 12.5. The van der Waals surface area contributed by atoms with Gasteiger partial charge in [0.25, 0.3) is 0 Å². The monoisotopic (exact) mass is 227 g/mol. The van der Waals surface area contributed by atoms with E-state index < -0.39 is 0 Å². The molecule has 0 aromatic heterocycles. The van der Waals surface area contributed by atoms with Gasteiger partial charge in [-0.05, 0) is 30.5 Å². The lowest BCUT2D eigenvalue weighted by molar-refractivity contribution is 0.284. The SMILES string of the molecule is CN(C)c1ccc(C(Cl)CCCO)cc1. The lowest BCUT2D eigenvalue weighted by atomic mass is 10.1. The van der Waals surface area contributed by atoms with E-state index in [1.165, 1.54) is 5.69 Å². The average Bonchev–Trinajstić information content (AvgIpc) is 2.26. The standard InChI is InChI=1S/C12H18ClNO/c1-14(2)11-7-5-10(6-8-11)12(13)4-3-9-15/h5-8,12,15H,3-4,9H2,1-2H3. The number of aliphatic hydroxyl groups is 1. The third-order valence-electron chi connectivity index (χ3n) is 2.39. The Bertz CT molecular complexity index is 284. The molecule has 0 aliphatic heterocycles. The van der Waals surface area contributed by atoms with Gasteiger partial charge < -0.3 is 10.0 Å². The highest BCUT2D eigenvalue weighted by Gasteiger charge is 2.07. The number of nitrogens with zero attached hydrogens (tertiary/aromatic N) is 1. The molecule has 0 heterocycles. The Hall–Kier alpha value is -0.730. The predicted molar refractivity (Wildman–Crippen MR) is 65.7 cm³/mol. The van der Waals surface area contributed by atoms with Gasteiger partial charge in [-0.1, -0.05) is 12.1 Å². The van der Waals surface area contributed by atoms with Crippen molar-refractivity contribution in [2.45, 2.75) is 18.2 Å². The first-order valence-corrected chi connectivity index (χ1v) is 5.61. The van der Waals surface area contributed by atoms with Crippen molar-refractivity contribution in [3.8, 4) is 0 Å². The summed E-state index contributed by atoms with van der Waals surface area (Å²) in [5.74, 6) is 0. The van der Waals surface area contributed by atoms with Crippen LogP contribution in [0.15, 0.2) is 24.3 Å². The van der Waals surface area contributed by atoms with Crippen LogP contribution in [0.2, 0.25) is 0 Å². The van der Waals surface area contributed by atoms with Crippen molar-refractivity contribution >= 4 is 17.3 Å². The van der Waals surface area contributed by atoms with E-state index >= 15 is 0 Å². The molecule has 0 aliphatic rings. The minimum atomic E-state index is 0.00774. The van der Waals surface area contributed by atoms with Crippen molar-refractivity contribution in [1.29, 1.82) is 0 Å². The smallest absolute Gasteiger partial charge is 0.0586 e. The number of rotatable bonds is 5. The van der Waals surface area contributed by atoms with Crippen LogP contribution in [0.25, 0.3) is 0 Å². The molecule has 1 atom stereocenters. The topological polar surface area (TPSA) is 23.5 Å².